The molecule has 1 aromatic rings. The van der Waals surface area contributed by atoms with Crippen LogP contribution in [-0.4, -0.2) is 0 Å². The zero-order valence-electron chi connectivity index (χ0n) is 9.87. The second kappa shape index (κ2) is 8.36. The van der Waals surface area contributed by atoms with Gasteiger partial charge >= 0.3 is 0 Å². The van der Waals surface area contributed by atoms with Crippen LogP contribution in [0.3, 0.4) is 0 Å². The van der Waals surface area contributed by atoms with Crippen molar-refractivity contribution in [1.29, 1.82) is 0 Å². The van der Waals surface area contributed by atoms with E-state index in [1.54, 1.807) is 6.08 Å². The predicted octanol–water partition coefficient (Wildman–Crippen LogP) is 3.25. The van der Waals surface area contributed by atoms with Crippen molar-refractivity contribution in [2.24, 2.45) is 0 Å². The molecule has 0 unspecified atom stereocenters. The Morgan fingerprint density at radius 2 is 1.88 bits per heavy atom. The van der Waals surface area contributed by atoms with E-state index in [0.29, 0.717) is 0 Å². The minimum absolute atomic E-state index is 0.795. The van der Waals surface area contributed by atoms with Crippen molar-refractivity contribution in [2.45, 2.75) is 13.5 Å². The van der Waals surface area contributed by atoms with E-state index in [0.717, 1.165) is 17.9 Å². The minimum Gasteiger partial charge on any atom is -0.399 e. The third kappa shape index (κ3) is 5.05. The quantitative estimate of drug-likeness (QED) is 0.460. The van der Waals surface area contributed by atoms with Crippen molar-refractivity contribution >= 4 is 5.69 Å². The molecule has 0 saturated heterocycles. The minimum atomic E-state index is 0.795. The van der Waals surface area contributed by atoms with Crippen molar-refractivity contribution < 1.29 is 0 Å². The molecule has 0 aromatic heterocycles. The van der Waals surface area contributed by atoms with Gasteiger partial charge < -0.3 is 11.1 Å². The molecule has 3 N–H and O–H groups in total. The number of nitrogens with one attached hydrogen (secondary N) is 1. The van der Waals surface area contributed by atoms with E-state index in [9.17, 15) is 0 Å². The van der Waals surface area contributed by atoms with Crippen LogP contribution in [0.5, 0.6) is 0 Å². The smallest absolute Gasteiger partial charge is 0.0400 e. The Bertz CT molecular complexity index is 336. The van der Waals surface area contributed by atoms with E-state index in [-0.39, 0.29) is 0 Å². The average molecular weight is 216 g/mol. The summed E-state index contributed by atoms with van der Waals surface area (Å²) in [5.74, 6) is 0. The zero-order valence-corrected chi connectivity index (χ0v) is 9.87. The van der Waals surface area contributed by atoms with Gasteiger partial charge in [0.1, 0.15) is 0 Å². The first-order chi connectivity index (χ1) is 7.76. The molecule has 16 heavy (non-hydrogen) atoms. The number of nitrogens with two attached hydrogens (primary N) is 1. The summed E-state index contributed by atoms with van der Waals surface area (Å²) >= 11 is 0. The normalized spacial score (nSPS) is 9.94. The van der Waals surface area contributed by atoms with Gasteiger partial charge in [-0.1, -0.05) is 24.8 Å². The SMILES string of the molecule is C=C.C=C/C(=C\C)NCc1ccc(N)cc1. The first kappa shape index (κ1) is 14.0. The fourth-order valence-corrected chi connectivity index (χ4v) is 1.13. The summed E-state index contributed by atoms with van der Waals surface area (Å²) in [4.78, 5) is 0. The van der Waals surface area contributed by atoms with Gasteiger partial charge in [-0.05, 0) is 30.7 Å². The Morgan fingerprint density at radius 1 is 1.31 bits per heavy atom. The Hall–Kier alpha value is -1.96. The van der Waals surface area contributed by atoms with Crippen LogP contribution in [0.1, 0.15) is 12.5 Å². The molecule has 2 nitrogen and oxygen atoms in total. The molecule has 0 aliphatic heterocycles. The topological polar surface area (TPSA) is 38.0 Å². The Kier molecular flexibility index (Phi) is 7.33. The number of hydrogen-bond acceptors (Lipinski definition) is 2. The lowest BCUT2D eigenvalue weighted by atomic mass is 10.2. The zero-order chi connectivity index (χ0) is 12.4. The van der Waals surface area contributed by atoms with E-state index < -0.39 is 0 Å². The number of hydrogen-bond donors (Lipinski definition) is 2. The van der Waals surface area contributed by atoms with Crippen LogP contribution in [0.2, 0.25) is 0 Å². The lowest BCUT2D eigenvalue weighted by molar-refractivity contribution is 0.832. The molecule has 0 spiro atoms. The van der Waals surface area contributed by atoms with Gasteiger partial charge in [-0.25, -0.2) is 0 Å². The maximum absolute atomic E-state index is 5.59. The fraction of sp³-hybridized carbons (Fsp3) is 0.143. The second-order valence-electron chi connectivity index (χ2n) is 3.04. The summed E-state index contributed by atoms with van der Waals surface area (Å²) in [5, 5.41) is 3.26. The number of rotatable bonds is 4. The average Bonchev–Trinajstić information content (AvgIpc) is 2.35. The standard InChI is InChI=1S/C12H16N2.C2H4/c1-3-12(4-2)14-9-10-5-7-11(13)8-6-10;1-2/h3-8,14H,1,9,13H2,2H3;1-2H2/b12-4+;. The van der Waals surface area contributed by atoms with E-state index >= 15 is 0 Å². The second-order valence-corrected chi connectivity index (χ2v) is 3.04. The fourth-order valence-electron chi connectivity index (χ4n) is 1.13. The molecule has 0 aliphatic carbocycles. The number of anilines is 1. The van der Waals surface area contributed by atoms with Gasteiger partial charge in [0.2, 0.25) is 0 Å². The van der Waals surface area contributed by atoms with Crippen molar-refractivity contribution in [3.05, 3.63) is 67.4 Å². The van der Waals surface area contributed by atoms with E-state index in [1.807, 2.05) is 37.3 Å². The van der Waals surface area contributed by atoms with E-state index in [4.69, 9.17) is 5.73 Å². The highest BCUT2D eigenvalue weighted by Crippen LogP contribution is 2.05. The molecule has 86 valence electrons. The largest absolute Gasteiger partial charge is 0.399 e. The summed E-state index contributed by atoms with van der Waals surface area (Å²) in [6, 6.07) is 7.83. The van der Waals surface area contributed by atoms with Gasteiger partial charge in [-0.15, -0.1) is 13.2 Å². The summed E-state index contributed by atoms with van der Waals surface area (Å²) in [6.07, 6.45) is 3.79. The number of allylic oxidation sites excluding steroid dienone is 2. The summed E-state index contributed by atoms with van der Waals surface area (Å²) in [5.41, 5.74) is 8.63. The molecule has 0 amide bonds. The van der Waals surface area contributed by atoms with E-state index in [1.165, 1.54) is 5.56 Å². The van der Waals surface area contributed by atoms with Gasteiger partial charge in [0.05, 0.1) is 0 Å². The van der Waals surface area contributed by atoms with Crippen molar-refractivity contribution in [2.75, 3.05) is 5.73 Å². The summed E-state index contributed by atoms with van der Waals surface area (Å²) < 4.78 is 0. The summed E-state index contributed by atoms with van der Waals surface area (Å²) in [6.45, 7) is 12.5. The maximum atomic E-state index is 5.59. The van der Waals surface area contributed by atoms with Gasteiger partial charge in [0.15, 0.2) is 0 Å². The molecule has 1 aromatic carbocycles. The first-order valence-electron chi connectivity index (χ1n) is 5.13. The Morgan fingerprint density at radius 3 is 2.31 bits per heavy atom. The molecular formula is C14H20N2. The van der Waals surface area contributed by atoms with Crippen molar-refractivity contribution in [3.63, 3.8) is 0 Å². The Labute approximate surface area is 98.2 Å². The van der Waals surface area contributed by atoms with Crippen LogP contribution in [0.4, 0.5) is 5.69 Å². The highest BCUT2D eigenvalue weighted by atomic mass is 14.9. The monoisotopic (exact) mass is 216 g/mol. The van der Waals surface area contributed by atoms with Crippen LogP contribution in [-0.2, 0) is 6.54 Å². The van der Waals surface area contributed by atoms with Crippen molar-refractivity contribution in [3.8, 4) is 0 Å². The molecule has 0 fully saturated rings. The molecule has 0 bridgehead atoms. The molecular weight excluding hydrogens is 196 g/mol. The van der Waals surface area contributed by atoms with Gasteiger partial charge in [-0.2, -0.15) is 0 Å². The molecule has 0 aliphatic rings. The predicted molar refractivity (Wildman–Crippen MR) is 72.9 cm³/mol. The molecule has 0 atom stereocenters. The van der Waals surface area contributed by atoms with Gasteiger partial charge in [-0.3, -0.25) is 0 Å². The van der Waals surface area contributed by atoms with Crippen LogP contribution in [0.15, 0.2) is 61.9 Å². The highest BCUT2D eigenvalue weighted by molar-refractivity contribution is 5.39. The Balaban J connectivity index is 0.00000106. The van der Waals surface area contributed by atoms with Gasteiger partial charge in [0, 0.05) is 17.9 Å². The third-order valence-corrected chi connectivity index (χ3v) is 2.01. The molecule has 0 radical (unpaired) electrons. The number of benzene rings is 1. The van der Waals surface area contributed by atoms with Gasteiger partial charge in [0.25, 0.3) is 0 Å². The highest BCUT2D eigenvalue weighted by Gasteiger charge is 1.92. The molecule has 2 heteroatoms. The third-order valence-electron chi connectivity index (χ3n) is 2.01. The molecule has 1 rings (SSSR count). The van der Waals surface area contributed by atoms with Crippen LogP contribution >= 0.6 is 0 Å². The summed E-state index contributed by atoms with van der Waals surface area (Å²) in [7, 11) is 0. The van der Waals surface area contributed by atoms with Crippen LogP contribution in [0, 0.1) is 0 Å². The van der Waals surface area contributed by atoms with E-state index in [2.05, 4.69) is 25.1 Å². The lowest BCUT2D eigenvalue weighted by Gasteiger charge is -2.06. The first-order valence-corrected chi connectivity index (χ1v) is 5.13. The molecule has 0 saturated carbocycles. The van der Waals surface area contributed by atoms with Crippen LogP contribution in [0.25, 0.3) is 0 Å². The number of nitrogen functional groups attached to an aromatic ring is 1. The molecule has 0 heterocycles. The maximum Gasteiger partial charge on any atom is 0.0400 e. The van der Waals surface area contributed by atoms with Crippen LogP contribution < -0.4 is 11.1 Å². The lowest BCUT2D eigenvalue weighted by Crippen LogP contribution is -2.10. The van der Waals surface area contributed by atoms with Crippen molar-refractivity contribution in [1.82, 2.24) is 5.32 Å².